The minimum absolute atomic E-state index is 0.654. The zero-order valence-corrected chi connectivity index (χ0v) is 8.29. The SMILES string of the molecule is CCc1sc(C(C)C)cc1[NH3+]. The third-order valence-corrected chi connectivity index (χ3v) is 3.43. The van der Waals surface area contributed by atoms with Crippen molar-refractivity contribution in [1.29, 1.82) is 0 Å². The number of hydrogen-bond acceptors (Lipinski definition) is 1. The first-order valence-electron chi connectivity index (χ1n) is 4.09. The molecule has 0 unspecified atom stereocenters. The Morgan fingerprint density at radius 2 is 2.18 bits per heavy atom. The van der Waals surface area contributed by atoms with Crippen molar-refractivity contribution in [2.45, 2.75) is 33.1 Å². The molecule has 0 saturated heterocycles. The average molecular weight is 170 g/mol. The summed E-state index contributed by atoms with van der Waals surface area (Å²) in [4.78, 5) is 2.90. The molecule has 0 aliphatic carbocycles. The molecule has 0 saturated carbocycles. The lowest BCUT2D eigenvalue weighted by atomic mass is 10.2. The van der Waals surface area contributed by atoms with Crippen molar-refractivity contribution >= 4 is 17.0 Å². The monoisotopic (exact) mass is 170 g/mol. The fraction of sp³-hybridized carbons (Fsp3) is 0.556. The molecule has 62 valence electrons. The van der Waals surface area contributed by atoms with Gasteiger partial charge in [0.15, 0.2) is 0 Å². The molecule has 0 aromatic carbocycles. The molecule has 2 heteroatoms. The smallest absolute Gasteiger partial charge is 0.142 e. The van der Waals surface area contributed by atoms with E-state index in [0.29, 0.717) is 5.92 Å². The molecule has 1 aromatic rings. The van der Waals surface area contributed by atoms with Crippen molar-refractivity contribution in [3.63, 3.8) is 0 Å². The Kier molecular flexibility index (Phi) is 2.68. The quantitative estimate of drug-likeness (QED) is 0.705. The largest absolute Gasteiger partial charge is 0.324 e. The third kappa shape index (κ3) is 1.82. The van der Waals surface area contributed by atoms with Crippen molar-refractivity contribution in [3.05, 3.63) is 15.8 Å². The van der Waals surface area contributed by atoms with Crippen LogP contribution < -0.4 is 5.73 Å². The molecule has 3 N–H and O–H groups in total. The fourth-order valence-electron chi connectivity index (χ4n) is 1.07. The van der Waals surface area contributed by atoms with Crippen LogP contribution in [0.15, 0.2) is 6.07 Å². The van der Waals surface area contributed by atoms with E-state index in [1.165, 1.54) is 15.4 Å². The van der Waals surface area contributed by atoms with E-state index >= 15 is 0 Å². The first kappa shape index (κ1) is 8.75. The zero-order valence-electron chi connectivity index (χ0n) is 7.48. The summed E-state index contributed by atoms with van der Waals surface area (Å²) >= 11 is 1.91. The summed E-state index contributed by atoms with van der Waals surface area (Å²) in [6.07, 6.45) is 1.12. The van der Waals surface area contributed by atoms with Crippen molar-refractivity contribution in [2.75, 3.05) is 0 Å². The summed E-state index contributed by atoms with van der Waals surface area (Å²) in [7, 11) is 0. The van der Waals surface area contributed by atoms with Gasteiger partial charge in [0, 0.05) is 10.9 Å². The Morgan fingerprint density at radius 1 is 1.55 bits per heavy atom. The molecule has 0 bridgehead atoms. The van der Waals surface area contributed by atoms with Crippen LogP contribution in [0, 0.1) is 0 Å². The van der Waals surface area contributed by atoms with Crippen LogP contribution in [0.4, 0.5) is 5.69 Å². The predicted octanol–water partition coefficient (Wildman–Crippen LogP) is 2.31. The minimum Gasteiger partial charge on any atom is -0.324 e. The maximum atomic E-state index is 4.00. The Labute approximate surface area is 72.2 Å². The first-order valence-corrected chi connectivity index (χ1v) is 4.91. The van der Waals surface area contributed by atoms with E-state index in [2.05, 4.69) is 32.6 Å². The number of hydrogen-bond donors (Lipinski definition) is 1. The van der Waals surface area contributed by atoms with Gasteiger partial charge in [-0.25, -0.2) is 0 Å². The molecule has 0 atom stereocenters. The number of thiophene rings is 1. The van der Waals surface area contributed by atoms with Gasteiger partial charge in [-0.3, -0.25) is 0 Å². The summed E-state index contributed by atoms with van der Waals surface area (Å²) in [6, 6.07) is 2.22. The predicted molar refractivity (Wildman–Crippen MR) is 50.3 cm³/mol. The van der Waals surface area contributed by atoms with Crippen LogP contribution in [0.1, 0.15) is 36.4 Å². The second-order valence-electron chi connectivity index (χ2n) is 3.11. The Bertz CT molecular complexity index is 238. The molecule has 1 heterocycles. The van der Waals surface area contributed by atoms with E-state index in [1.54, 1.807) is 0 Å². The maximum absolute atomic E-state index is 4.00. The summed E-state index contributed by atoms with van der Waals surface area (Å²) in [5.41, 5.74) is 5.23. The molecular formula is C9H16NS+. The highest BCUT2D eigenvalue weighted by Gasteiger charge is 2.09. The highest BCUT2D eigenvalue weighted by atomic mass is 32.1. The minimum atomic E-state index is 0.654. The molecule has 1 nitrogen and oxygen atoms in total. The maximum Gasteiger partial charge on any atom is 0.142 e. The Morgan fingerprint density at radius 3 is 2.45 bits per heavy atom. The zero-order chi connectivity index (χ0) is 8.43. The Balaban J connectivity index is 2.95. The lowest BCUT2D eigenvalue weighted by Crippen LogP contribution is -2.40. The lowest BCUT2D eigenvalue weighted by molar-refractivity contribution is -0.255. The normalized spacial score (nSPS) is 11.0. The van der Waals surface area contributed by atoms with Gasteiger partial charge in [0.05, 0.1) is 4.88 Å². The van der Waals surface area contributed by atoms with Crippen LogP contribution in [0.5, 0.6) is 0 Å². The highest BCUT2D eigenvalue weighted by Crippen LogP contribution is 2.29. The van der Waals surface area contributed by atoms with Gasteiger partial charge in [-0.15, -0.1) is 11.3 Å². The van der Waals surface area contributed by atoms with Gasteiger partial charge in [0.25, 0.3) is 0 Å². The first-order chi connectivity index (χ1) is 5.15. The summed E-state index contributed by atoms with van der Waals surface area (Å²) < 4.78 is 0. The van der Waals surface area contributed by atoms with Crippen molar-refractivity contribution in [3.8, 4) is 0 Å². The molecule has 11 heavy (non-hydrogen) atoms. The van der Waals surface area contributed by atoms with Crippen LogP contribution >= 0.6 is 11.3 Å². The number of rotatable bonds is 2. The lowest BCUT2D eigenvalue weighted by Gasteiger charge is -1.96. The van der Waals surface area contributed by atoms with Gasteiger partial charge in [-0.2, -0.15) is 0 Å². The summed E-state index contributed by atoms with van der Waals surface area (Å²) in [5.74, 6) is 0.654. The van der Waals surface area contributed by atoms with Crippen LogP contribution in [0.3, 0.4) is 0 Å². The molecule has 0 fully saturated rings. The molecule has 0 amide bonds. The molecule has 0 aliphatic heterocycles. The van der Waals surface area contributed by atoms with E-state index in [0.717, 1.165) is 6.42 Å². The van der Waals surface area contributed by atoms with Crippen LogP contribution in [-0.2, 0) is 6.42 Å². The van der Waals surface area contributed by atoms with E-state index < -0.39 is 0 Å². The number of aryl methyl sites for hydroxylation is 1. The second-order valence-corrected chi connectivity index (χ2v) is 4.27. The van der Waals surface area contributed by atoms with Gasteiger partial charge in [0.2, 0.25) is 0 Å². The molecule has 1 rings (SSSR count). The molecule has 0 radical (unpaired) electrons. The summed E-state index contributed by atoms with van der Waals surface area (Å²) in [6.45, 7) is 6.64. The van der Waals surface area contributed by atoms with Gasteiger partial charge >= 0.3 is 0 Å². The van der Waals surface area contributed by atoms with Crippen LogP contribution in [0.2, 0.25) is 0 Å². The van der Waals surface area contributed by atoms with Crippen LogP contribution in [-0.4, -0.2) is 0 Å². The third-order valence-electron chi connectivity index (χ3n) is 1.81. The average Bonchev–Trinajstić information content (AvgIpc) is 2.31. The van der Waals surface area contributed by atoms with E-state index in [1.807, 2.05) is 11.3 Å². The second kappa shape index (κ2) is 3.37. The highest BCUT2D eigenvalue weighted by molar-refractivity contribution is 7.12. The van der Waals surface area contributed by atoms with Gasteiger partial charge in [-0.1, -0.05) is 20.8 Å². The molecule has 1 aromatic heterocycles. The van der Waals surface area contributed by atoms with Crippen molar-refractivity contribution in [1.82, 2.24) is 0 Å². The molecule has 0 spiro atoms. The Hall–Kier alpha value is -0.340. The van der Waals surface area contributed by atoms with E-state index in [-0.39, 0.29) is 0 Å². The van der Waals surface area contributed by atoms with Gasteiger partial charge in [-0.05, 0) is 12.3 Å². The fourth-order valence-corrected chi connectivity index (χ4v) is 2.13. The summed E-state index contributed by atoms with van der Waals surface area (Å²) in [5, 5.41) is 0. The van der Waals surface area contributed by atoms with E-state index in [4.69, 9.17) is 0 Å². The van der Waals surface area contributed by atoms with Gasteiger partial charge in [0.1, 0.15) is 5.69 Å². The van der Waals surface area contributed by atoms with Crippen molar-refractivity contribution < 1.29 is 5.73 Å². The standard InChI is InChI=1S/C9H15NS/c1-4-8-7(10)5-9(11-8)6(2)3/h5-6H,4,10H2,1-3H3/p+1. The molecular weight excluding hydrogens is 154 g/mol. The molecule has 0 aliphatic rings. The van der Waals surface area contributed by atoms with Gasteiger partial charge < -0.3 is 5.73 Å². The number of quaternary nitrogens is 1. The topological polar surface area (TPSA) is 27.6 Å². The van der Waals surface area contributed by atoms with E-state index in [9.17, 15) is 0 Å². The van der Waals surface area contributed by atoms with Crippen LogP contribution in [0.25, 0.3) is 0 Å². The van der Waals surface area contributed by atoms with Crippen molar-refractivity contribution in [2.24, 2.45) is 0 Å².